The van der Waals surface area contributed by atoms with Gasteiger partial charge in [0.2, 0.25) is 10.0 Å². The summed E-state index contributed by atoms with van der Waals surface area (Å²) in [6.07, 6.45) is -0.197. The number of hydrogen-bond acceptors (Lipinski definition) is 3. The van der Waals surface area contributed by atoms with Gasteiger partial charge in [-0.15, -0.1) is 0 Å². The molecule has 1 rings (SSSR count). The summed E-state index contributed by atoms with van der Waals surface area (Å²) in [6.45, 7) is -0.166. The first-order valence-electron chi connectivity index (χ1n) is 5.43. The number of aliphatic carboxylic acids is 1. The Hall–Kier alpha value is -0.990. The molecule has 0 aromatic heterocycles. The summed E-state index contributed by atoms with van der Waals surface area (Å²) in [5.41, 5.74) is 0.219. The second-order valence-corrected chi connectivity index (χ2v) is 6.72. The minimum atomic E-state index is -3.60. The van der Waals surface area contributed by atoms with Gasteiger partial charge in [0, 0.05) is 23.0 Å². The van der Waals surface area contributed by atoms with Gasteiger partial charge in [-0.25, -0.2) is 17.5 Å². The van der Waals surface area contributed by atoms with Gasteiger partial charge in [-0.1, -0.05) is 15.9 Å². The summed E-state index contributed by atoms with van der Waals surface area (Å²) < 4.78 is 39.3. The van der Waals surface area contributed by atoms with E-state index in [4.69, 9.17) is 5.11 Å². The number of carbonyl (C=O) groups is 1. The molecule has 0 fully saturated rings. The molecule has 0 aliphatic heterocycles. The Labute approximate surface area is 119 Å². The van der Waals surface area contributed by atoms with Crippen molar-refractivity contribution in [3.05, 3.63) is 34.1 Å². The summed E-state index contributed by atoms with van der Waals surface area (Å²) >= 11 is 3.17. The predicted octanol–water partition coefficient (Wildman–Crippen LogP) is 1.87. The van der Waals surface area contributed by atoms with E-state index in [-0.39, 0.29) is 30.7 Å². The largest absolute Gasteiger partial charge is 0.481 e. The Bertz CT molecular complexity index is 562. The molecule has 0 radical (unpaired) electrons. The first kappa shape index (κ1) is 16.1. The average molecular weight is 354 g/mol. The molecule has 0 saturated carbocycles. The van der Waals surface area contributed by atoms with E-state index in [1.807, 2.05) is 0 Å². The normalized spacial score (nSPS) is 11.5. The van der Waals surface area contributed by atoms with Crippen molar-refractivity contribution in [2.24, 2.45) is 0 Å². The maximum Gasteiger partial charge on any atom is 0.303 e. The van der Waals surface area contributed by atoms with Crippen LogP contribution in [0.4, 0.5) is 4.39 Å². The Morgan fingerprint density at radius 3 is 2.74 bits per heavy atom. The molecule has 0 spiro atoms. The Morgan fingerprint density at radius 2 is 2.11 bits per heavy atom. The van der Waals surface area contributed by atoms with Crippen molar-refractivity contribution in [2.75, 3.05) is 5.75 Å². The minimum Gasteiger partial charge on any atom is -0.481 e. The predicted molar refractivity (Wildman–Crippen MR) is 71.6 cm³/mol. The smallest absolute Gasteiger partial charge is 0.303 e. The molecular weight excluding hydrogens is 341 g/mol. The monoisotopic (exact) mass is 353 g/mol. The van der Waals surface area contributed by atoms with E-state index in [1.54, 1.807) is 0 Å². The van der Waals surface area contributed by atoms with Crippen LogP contribution in [-0.2, 0) is 21.4 Å². The lowest BCUT2D eigenvalue weighted by Crippen LogP contribution is -2.26. The lowest BCUT2D eigenvalue weighted by molar-refractivity contribution is -0.137. The number of halogens is 2. The van der Waals surface area contributed by atoms with Gasteiger partial charge in [0.25, 0.3) is 0 Å². The molecule has 106 valence electrons. The lowest BCUT2D eigenvalue weighted by Gasteiger charge is -2.07. The van der Waals surface area contributed by atoms with Crippen LogP contribution in [-0.4, -0.2) is 25.2 Å². The summed E-state index contributed by atoms with van der Waals surface area (Å²) in [5.74, 6) is -1.85. The van der Waals surface area contributed by atoms with Crippen molar-refractivity contribution in [3.63, 3.8) is 0 Å². The van der Waals surface area contributed by atoms with Crippen molar-refractivity contribution in [3.8, 4) is 0 Å². The summed E-state index contributed by atoms with van der Waals surface area (Å²) in [4.78, 5) is 10.3. The molecular formula is C11H13BrFNO4S. The number of carboxylic acid groups (broad SMARTS) is 1. The fourth-order valence-electron chi connectivity index (χ4n) is 1.35. The molecule has 1 aromatic rings. The molecule has 0 aliphatic rings. The van der Waals surface area contributed by atoms with E-state index in [0.717, 1.165) is 0 Å². The third-order valence-corrected chi connectivity index (χ3v) is 4.20. The summed E-state index contributed by atoms with van der Waals surface area (Å²) in [6, 6.07) is 4.23. The number of rotatable bonds is 7. The number of nitrogens with one attached hydrogen (secondary N) is 1. The van der Waals surface area contributed by atoms with Crippen LogP contribution in [0.5, 0.6) is 0 Å². The van der Waals surface area contributed by atoms with Crippen molar-refractivity contribution in [2.45, 2.75) is 19.4 Å². The zero-order chi connectivity index (χ0) is 14.5. The summed E-state index contributed by atoms with van der Waals surface area (Å²) in [7, 11) is -3.60. The second-order valence-electron chi connectivity index (χ2n) is 3.87. The molecule has 5 nitrogen and oxygen atoms in total. The van der Waals surface area contributed by atoms with Crippen molar-refractivity contribution >= 4 is 31.9 Å². The third kappa shape index (κ3) is 6.13. The van der Waals surface area contributed by atoms with Gasteiger partial charge in [-0.3, -0.25) is 4.79 Å². The van der Waals surface area contributed by atoms with Crippen LogP contribution in [0.1, 0.15) is 18.4 Å². The molecule has 0 atom stereocenters. The number of sulfonamides is 1. The second kappa shape index (κ2) is 6.97. The lowest BCUT2D eigenvalue weighted by atomic mass is 10.2. The fourth-order valence-corrected chi connectivity index (χ4v) is 2.80. The molecule has 0 unspecified atom stereocenters. The highest BCUT2D eigenvalue weighted by Gasteiger charge is 2.12. The number of carboxylic acids is 1. The van der Waals surface area contributed by atoms with Crippen LogP contribution >= 0.6 is 15.9 Å². The molecule has 8 heteroatoms. The zero-order valence-corrected chi connectivity index (χ0v) is 12.3. The number of benzene rings is 1. The molecule has 0 aliphatic carbocycles. The van der Waals surface area contributed by atoms with Crippen LogP contribution in [0.2, 0.25) is 0 Å². The van der Waals surface area contributed by atoms with Gasteiger partial charge in [0.05, 0.1) is 5.75 Å². The van der Waals surface area contributed by atoms with E-state index < -0.39 is 21.8 Å². The molecule has 0 bridgehead atoms. The Morgan fingerprint density at radius 1 is 1.42 bits per heavy atom. The van der Waals surface area contributed by atoms with Crippen molar-refractivity contribution in [1.29, 1.82) is 0 Å². The van der Waals surface area contributed by atoms with E-state index in [9.17, 15) is 17.6 Å². The van der Waals surface area contributed by atoms with Crippen LogP contribution in [0.3, 0.4) is 0 Å². The molecule has 0 heterocycles. The maximum absolute atomic E-state index is 13.4. The average Bonchev–Trinajstić information content (AvgIpc) is 2.30. The van der Waals surface area contributed by atoms with Crippen LogP contribution in [0, 0.1) is 5.82 Å². The van der Waals surface area contributed by atoms with Gasteiger partial charge >= 0.3 is 5.97 Å². The maximum atomic E-state index is 13.4. The molecule has 2 N–H and O–H groups in total. The molecule has 1 aromatic carbocycles. The highest BCUT2D eigenvalue weighted by atomic mass is 79.9. The van der Waals surface area contributed by atoms with Gasteiger partial charge in [0.15, 0.2) is 0 Å². The van der Waals surface area contributed by atoms with Gasteiger partial charge in [-0.05, 0) is 24.6 Å². The van der Waals surface area contributed by atoms with E-state index in [2.05, 4.69) is 20.7 Å². The van der Waals surface area contributed by atoms with E-state index in [1.165, 1.54) is 18.2 Å². The fraction of sp³-hybridized carbons (Fsp3) is 0.364. The number of hydrogen-bond donors (Lipinski definition) is 2. The topological polar surface area (TPSA) is 83.5 Å². The highest BCUT2D eigenvalue weighted by Crippen LogP contribution is 2.15. The third-order valence-electron chi connectivity index (χ3n) is 2.29. The molecule has 19 heavy (non-hydrogen) atoms. The minimum absolute atomic E-state index is 0.0195. The van der Waals surface area contributed by atoms with Gasteiger partial charge in [-0.2, -0.15) is 0 Å². The first-order valence-corrected chi connectivity index (χ1v) is 7.88. The van der Waals surface area contributed by atoms with Gasteiger partial charge in [0.1, 0.15) is 5.82 Å². The van der Waals surface area contributed by atoms with Crippen LogP contribution < -0.4 is 4.72 Å². The van der Waals surface area contributed by atoms with Crippen molar-refractivity contribution in [1.82, 2.24) is 4.72 Å². The van der Waals surface area contributed by atoms with E-state index in [0.29, 0.717) is 4.47 Å². The standard InChI is InChI=1S/C11H13BrFNO4S/c12-9-3-4-10(13)8(6-9)7-14-19(17,18)5-1-2-11(15)16/h3-4,6,14H,1-2,5,7H2,(H,15,16). The highest BCUT2D eigenvalue weighted by molar-refractivity contribution is 9.10. The van der Waals surface area contributed by atoms with Crippen LogP contribution in [0.15, 0.2) is 22.7 Å². The van der Waals surface area contributed by atoms with Gasteiger partial charge < -0.3 is 5.11 Å². The van der Waals surface area contributed by atoms with E-state index >= 15 is 0 Å². The molecule has 0 amide bonds. The zero-order valence-electron chi connectivity index (χ0n) is 9.90. The Kier molecular flexibility index (Phi) is 5.89. The van der Waals surface area contributed by atoms with Crippen molar-refractivity contribution < 1.29 is 22.7 Å². The Balaban J connectivity index is 2.55. The van der Waals surface area contributed by atoms with Crippen LogP contribution in [0.25, 0.3) is 0 Å². The SMILES string of the molecule is O=C(O)CCCS(=O)(=O)NCc1cc(Br)ccc1F. The quantitative estimate of drug-likeness (QED) is 0.783. The summed E-state index contributed by atoms with van der Waals surface area (Å²) in [5, 5.41) is 8.42. The molecule has 0 saturated heterocycles. The first-order chi connectivity index (χ1) is 8.80.